The smallest absolute Gasteiger partial charge is 0.350 e. The van der Waals surface area contributed by atoms with E-state index in [0.29, 0.717) is 17.3 Å². The van der Waals surface area contributed by atoms with Gasteiger partial charge in [0.2, 0.25) is 5.88 Å². The number of nitrogens with zero attached hydrogens (tertiary/aromatic N) is 3. The van der Waals surface area contributed by atoms with Crippen LogP contribution < -0.4 is 31.6 Å². The SMILES string of the molecule is CCc1cccc(N(N)C(=O)NN)c1COc1ccn(-c2ccccc2OC)n1. The molecule has 0 aliphatic rings. The van der Waals surface area contributed by atoms with Gasteiger partial charge in [0.15, 0.2) is 0 Å². The summed E-state index contributed by atoms with van der Waals surface area (Å²) >= 11 is 0. The topological polar surface area (TPSA) is 121 Å². The Labute approximate surface area is 168 Å². The van der Waals surface area contributed by atoms with Gasteiger partial charge in [0.05, 0.1) is 12.8 Å². The first-order chi connectivity index (χ1) is 14.1. The number of hydrogen-bond acceptors (Lipinski definition) is 6. The van der Waals surface area contributed by atoms with Crippen LogP contribution in [0.5, 0.6) is 11.6 Å². The van der Waals surface area contributed by atoms with Crippen LogP contribution in [0, 0.1) is 0 Å². The molecule has 9 nitrogen and oxygen atoms in total. The number of urea groups is 1. The Balaban J connectivity index is 1.84. The van der Waals surface area contributed by atoms with Crippen LogP contribution >= 0.6 is 0 Å². The Morgan fingerprint density at radius 1 is 1.21 bits per heavy atom. The number of hydrazine groups is 2. The molecule has 3 rings (SSSR count). The molecular formula is C20H24N6O3. The molecule has 0 saturated carbocycles. The lowest BCUT2D eigenvalue weighted by Crippen LogP contribution is -2.48. The van der Waals surface area contributed by atoms with Crippen LogP contribution in [0.2, 0.25) is 0 Å². The van der Waals surface area contributed by atoms with E-state index in [9.17, 15) is 4.79 Å². The molecule has 0 atom stereocenters. The molecule has 1 aromatic heterocycles. The Hall–Kier alpha value is -3.56. The molecule has 0 bridgehead atoms. The van der Waals surface area contributed by atoms with Crippen LogP contribution in [-0.4, -0.2) is 22.9 Å². The molecular weight excluding hydrogens is 372 g/mol. The number of rotatable bonds is 7. The molecule has 5 N–H and O–H groups in total. The molecule has 2 amide bonds. The number of benzene rings is 2. The van der Waals surface area contributed by atoms with Crippen LogP contribution in [0.4, 0.5) is 10.5 Å². The lowest BCUT2D eigenvalue weighted by Gasteiger charge is -2.21. The summed E-state index contributed by atoms with van der Waals surface area (Å²) in [6, 6.07) is 14.2. The lowest BCUT2D eigenvalue weighted by atomic mass is 10.0. The summed E-state index contributed by atoms with van der Waals surface area (Å²) in [5, 5.41) is 5.42. The molecule has 0 spiro atoms. The van der Waals surface area contributed by atoms with Crippen molar-refractivity contribution in [3.63, 3.8) is 0 Å². The number of aromatic nitrogens is 2. The molecule has 0 saturated heterocycles. The summed E-state index contributed by atoms with van der Waals surface area (Å²) in [6.45, 7) is 2.21. The van der Waals surface area contributed by atoms with Gasteiger partial charge in [-0.05, 0) is 30.2 Å². The van der Waals surface area contributed by atoms with E-state index < -0.39 is 6.03 Å². The van der Waals surface area contributed by atoms with Gasteiger partial charge in [-0.3, -0.25) is 5.43 Å². The van der Waals surface area contributed by atoms with Crippen molar-refractivity contribution in [1.29, 1.82) is 0 Å². The molecule has 3 aromatic rings. The molecule has 2 aromatic carbocycles. The average molecular weight is 396 g/mol. The summed E-state index contributed by atoms with van der Waals surface area (Å²) in [5.41, 5.74) is 5.13. The summed E-state index contributed by atoms with van der Waals surface area (Å²) in [5.74, 6) is 12.2. The number of ether oxygens (including phenoxy) is 2. The minimum Gasteiger partial charge on any atom is -0.494 e. The molecule has 152 valence electrons. The second-order valence-corrected chi connectivity index (χ2v) is 6.15. The van der Waals surface area contributed by atoms with Crippen molar-refractivity contribution in [3.8, 4) is 17.3 Å². The number of nitrogens with one attached hydrogen (secondary N) is 1. The Morgan fingerprint density at radius 3 is 2.72 bits per heavy atom. The van der Waals surface area contributed by atoms with Crippen LogP contribution in [-0.2, 0) is 13.0 Å². The molecule has 0 fully saturated rings. The third-order valence-electron chi connectivity index (χ3n) is 4.49. The second kappa shape index (κ2) is 9.09. The van der Waals surface area contributed by atoms with E-state index in [1.54, 1.807) is 30.1 Å². The predicted molar refractivity (Wildman–Crippen MR) is 110 cm³/mol. The van der Waals surface area contributed by atoms with Crippen molar-refractivity contribution in [1.82, 2.24) is 15.2 Å². The monoisotopic (exact) mass is 396 g/mol. The zero-order valence-corrected chi connectivity index (χ0v) is 16.3. The fraction of sp³-hybridized carbons (Fsp3) is 0.200. The third kappa shape index (κ3) is 4.31. The highest BCUT2D eigenvalue weighted by atomic mass is 16.5. The predicted octanol–water partition coefficient (Wildman–Crippen LogP) is 2.29. The van der Waals surface area contributed by atoms with Crippen molar-refractivity contribution in [2.75, 3.05) is 12.1 Å². The maximum atomic E-state index is 11.9. The largest absolute Gasteiger partial charge is 0.494 e. The number of carbonyl (C=O) groups excluding carboxylic acids is 1. The molecule has 29 heavy (non-hydrogen) atoms. The average Bonchev–Trinajstić information content (AvgIpc) is 3.25. The minimum absolute atomic E-state index is 0.188. The van der Waals surface area contributed by atoms with E-state index in [1.807, 2.05) is 48.7 Å². The number of hydrogen-bond donors (Lipinski definition) is 3. The fourth-order valence-electron chi connectivity index (χ4n) is 3.01. The Morgan fingerprint density at radius 2 is 2.00 bits per heavy atom. The molecule has 0 radical (unpaired) electrons. The van der Waals surface area contributed by atoms with E-state index in [0.717, 1.165) is 28.2 Å². The Bertz CT molecular complexity index is 988. The second-order valence-electron chi connectivity index (χ2n) is 6.15. The van der Waals surface area contributed by atoms with Gasteiger partial charge in [0, 0.05) is 17.8 Å². The summed E-state index contributed by atoms with van der Waals surface area (Å²) in [7, 11) is 1.61. The van der Waals surface area contributed by atoms with Gasteiger partial charge >= 0.3 is 6.03 Å². The number of amides is 2. The molecule has 9 heteroatoms. The number of carbonyl (C=O) groups is 1. The maximum Gasteiger partial charge on any atom is 0.350 e. The van der Waals surface area contributed by atoms with E-state index in [2.05, 4.69) is 5.10 Å². The van der Waals surface area contributed by atoms with Gasteiger partial charge in [0.25, 0.3) is 0 Å². The highest BCUT2D eigenvalue weighted by Gasteiger charge is 2.17. The van der Waals surface area contributed by atoms with E-state index in [4.69, 9.17) is 21.2 Å². The first-order valence-electron chi connectivity index (χ1n) is 9.07. The van der Waals surface area contributed by atoms with Crippen molar-refractivity contribution in [3.05, 3.63) is 65.9 Å². The van der Waals surface area contributed by atoms with E-state index in [-0.39, 0.29) is 6.61 Å². The van der Waals surface area contributed by atoms with Crippen LogP contribution in [0.25, 0.3) is 5.69 Å². The van der Waals surface area contributed by atoms with Gasteiger partial charge in [-0.25, -0.2) is 26.2 Å². The normalized spacial score (nSPS) is 10.5. The van der Waals surface area contributed by atoms with E-state index >= 15 is 0 Å². The van der Waals surface area contributed by atoms with Gasteiger partial charge in [0.1, 0.15) is 18.0 Å². The van der Waals surface area contributed by atoms with Gasteiger partial charge < -0.3 is 9.47 Å². The number of nitrogens with two attached hydrogens (primary N) is 2. The van der Waals surface area contributed by atoms with Crippen molar-refractivity contribution in [2.24, 2.45) is 11.7 Å². The quantitative estimate of drug-likeness (QED) is 0.320. The molecule has 0 unspecified atom stereocenters. The van der Waals surface area contributed by atoms with Gasteiger partial charge in [-0.2, -0.15) is 0 Å². The third-order valence-corrected chi connectivity index (χ3v) is 4.49. The first-order valence-corrected chi connectivity index (χ1v) is 9.07. The van der Waals surface area contributed by atoms with Crippen molar-refractivity contribution in [2.45, 2.75) is 20.0 Å². The van der Waals surface area contributed by atoms with Crippen LogP contribution in [0.3, 0.4) is 0 Å². The number of anilines is 1. The maximum absolute atomic E-state index is 11.9. The highest BCUT2D eigenvalue weighted by molar-refractivity contribution is 5.91. The zero-order chi connectivity index (χ0) is 20.8. The molecule has 0 aliphatic heterocycles. The molecule has 0 aliphatic carbocycles. The number of aryl methyl sites for hydroxylation is 1. The fourth-order valence-corrected chi connectivity index (χ4v) is 3.01. The lowest BCUT2D eigenvalue weighted by molar-refractivity contribution is 0.246. The highest BCUT2D eigenvalue weighted by Crippen LogP contribution is 2.26. The van der Waals surface area contributed by atoms with Gasteiger partial charge in [-0.15, -0.1) is 5.10 Å². The summed E-state index contributed by atoms with van der Waals surface area (Å²) in [4.78, 5) is 11.9. The van der Waals surface area contributed by atoms with Crippen LogP contribution in [0.15, 0.2) is 54.7 Å². The first kappa shape index (κ1) is 20.2. The number of para-hydroxylation sites is 2. The Kier molecular flexibility index (Phi) is 6.32. The van der Waals surface area contributed by atoms with Crippen LogP contribution in [0.1, 0.15) is 18.1 Å². The van der Waals surface area contributed by atoms with E-state index in [1.165, 1.54) is 0 Å². The summed E-state index contributed by atoms with van der Waals surface area (Å²) < 4.78 is 12.9. The van der Waals surface area contributed by atoms with Crippen molar-refractivity contribution >= 4 is 11.7 Å². The minimum atomic E-state index is -0.625. The standard InChI is InChI=1S/C20H24N6O3/c1-3-14-7-6-9-16(26(22)20(27)23-21)15(14)13-29-19-11-12-25(24-19)17-8-4-5-10-18(17)28-2/h4-12H,3,13,21-22H2,1-2H3,(H,23,27). The van der Waals surface area contributed by atoms with Gasteiger partial charge in [-0.1, -0.05) is 31.2 Å². The molecule has 1 heterocycles. The number of methoxy groups -OCH3 is 1. The summed E-state index contributed by atoms with van der Waals surface area (Å²) in [6.07, 6.45) is 2.54. The van der Waals surface area contributed by atoms with Crippen molar-refractivity contribution < 1.29 is 14.3 Å². The zero-order valence-electron chi connectivity index (χ0n) is 16.3.